The van der Waals surface area contributed by atoms with Gasteiger partial charge in [0.25, 0.3) is 0 Å². The van der Waals surface area contributed by atoms with Crippen LogP contribution < -0.4 is 0 Å². The molecule has 0 fully saturated rings. The van der Waals surface area contributed by atoms with Crippen LogP contribution in [0.25, 0.3) is 88.6 Å². The Labute approximate surface area is 334 Å². The first-order valence-electron chi connectivity index (χ1n) is 18.9. The maximum absolute atomic E-state index is 10.9. The number of benzene rings is 7. The molecule has 0 aliphatic heterocycles. The number of hydrogen-bond donors (Lipinski definition) is 0. The summed E-state index contributed by atoms with van der Waals surface area (Å²) in [6, 6.07) is 58.0. The van der Waals surface area contributed by atoms with Gasteiger partial charge in [-0.15, -0.1) is 0 Å². The first-order valence-corrected chi connectivity index (χ1v) is 18.9. The van der Waals surface area contributed by atoms with Gasteiger partial charge in [0.2, 0.25) is 0 Å². The summed E-state index contributed by atoms with van der Waals surface area (Å²) in [5, 5.41) is 34.2. The van der Waals surface area contributed by atoms with Crippen molar-refractivity contribution < 1.29 is 0 Å². The average Bonchev–Trinajstić information content (AvgIpc) is 3.77. The van der Waals surface area contributed by atoms with Crippen molar-refractivity contribution in [2.24, 2.45) is 0 Å². The molecule has 0 bridgehead atoms. The summed E-state index contributed by atoms with van der Waals surface area (Å²) < 4.78 is 4.57. The van der Waals surface area contributed by atoms with Crippen molar-refractivity contribution in [1.82, 2.24) is 19.1 Å². The van der Waals surface area contributed by atoms with Gasteiger partial charge in [0.1, 0.15) is 0 Å². The number of para-hydroxylation sites is 2. The fourth-order valence-electron chi connectivity index (χ4n) is 8.35. The van der Waals surface area contributed by atoms with Crippen LogP contribution >= 0.6 is 0 Å². The predicted molar refractivity (Wildman–Crippen MR) is 231 cm³/mol. The molecule has 0 unspecified atom stereocenters. The molecule has 3 aromatic heterocycles. The minimum absolute atomic E-state index is 0.456. The molecule has 0 aliphatic carbocycles. The molecule has 7 aromatic carbocycles. The monoisotopic (exact) mass is 741 g/mol. The van der Waals surface area contributed by atoms with Crippen LogP contribution in [0.15, 0.2) is 152 Å². The van der Waals surface area contributed by atoms with Crippen molar-refractivity contribution in [3.05, 3.63) is 180 Å². The number of hydrogen-bond acceptors (Lipinski definition) is 5. The molecule has 0 radical (unpaired) electrons. The maximum Gasteiger partial charge on any atom is 0.161 e. The van der Waals surface area contributed by atoms with Crippen LogP contribution in [-0.2, 0) is 0 Å². The number of fused-ring (bicyclic) bond motifs is 6. The number of nitrogens with zero attached hydrogens (tertiary/aromatic N) is 7. The van der Waals surface area contributed by atoms with Crippen molar-refractivity contribution in [3.8, 4) is 63.2 Å². The zero-order valence-electron chi connectivity index (χ0n) is 31.6. The SMILES string of the molecule is Cc1cc(C)nc(-c2cc(-n3c4ccccc4c4ccc(-c5ccc(C#N)cc5)cc43)c(-n3c4ccccc4c4ccc(-c5ccc(C#N)cc5)cc43)cc2C#N)n1. The topological polar surface area (TPSA) is 107 Å². The third kappa shape index (κ3) is 5.48. The van der Waals surface area contributed by atoms with Gasteiger partial charge in [0.15, 0.2) is 5.82 Å². The Bertz CT molecular complexity index is 3420. The molecule has 0 saturated carbocycles. The highest BCUT2D eigenvalue weighted by molar-refractivity contribution is 6.12. The first kappa shape index (κ1) is 34.2. The van der Waals surface area contributed by atoms with Gasteiger partial charge in [-0.1, -0.05) is 84.9 Å². The lowest BCUT2D eigenvalue weighted by Gasteiger charge is -2.19. The lowest BCUT2D eigenvalue weighted by molar-refractivity contribution is 1.05. The molecule has 0 saturated heterocycles. The van der Waals surface area contributed by atoms with Crippen molar-refractivity contribution in [2.75, 3.05) is 0 Å². The molecule has 7 nitrogen and oxygen atoms in total. The maximum atomic E-state index is 10.9. The van der Waals surface area contributed by atoms with Crippen LogP contribution in [0.1, 0.15) is 28.1 Å². The van der Waals surface area contributed by atoms with Crippen LogP contribution in [0, 0.1) is 47.8 Å². The fourth-order valence-corrected chi connectivity index (χ4v) is 8.35. The summed E-state index contributed by atoms with van der Waals surface area (Å²) in [5.74, 6) is 0.492. The standard InChI is InChI=1S/C51H31N7/c1-31-23-32(2)56-51(55-31)44-27-50(58-46-10-6-4-8-41(46)43-22-20-38(25-48(43)58)36-17-13-34(29-53)14-18-36)49(26-39(44)30-54)57-45-9-5-3-7-40(45)42-21-19-37(24-47(42)57)35-15-11-33(28-52)12-16-35/h3-27H,1-2H3. The summed E-state index contributed by atoms with van der Waals surface area (Å²) in [6.45, 7) is 3.89. The Morgan fingerprint density at radius 2 is 0.845 bits per heavy atom. The Hall–Kier alpha value is -8.31. The van der Waals surface area contributed by atoms with E-state index in [2.05, 4.69) is 112 Å². The molecule has 0 aliphatic rings. The number of rotatable bonds is 5. The predicted octanol–water partition coefficient (Wildman–Crippen LogP) is 11.9. The molecule has 270 valence electrons. The van der Waals surface area contributed by atoms with Crippen LogP contribution in [-0.4, -0.2) is 19.1 Å². The van der Waals surface area contributed by atoms with E-state index in [1.165, 1.54) is 0 Å². The molecule has 58 heavy (non-hydrogen) atoms. The van der Waals surface area contributed by atoms with Gasteiger partial charge >= 0.3 is 0 Å². The number of nitriles is 3. The summed E-state index contributed by atoms with van der Waals surface area (Å²) in [6.07, 6.45) is 0. The van der Waals surface area contributed by atoms with E-state index >= 15 is 0 Å². The van der Waals surface area contributed by atoms with Crippen molar-refractivity contribution in [3.63, 3.8) is 0 Å². The summed E-state index contributed by atoms with van der Waals surface area (Å²) in [7, 11) is 0. The highest BCUT2D eigenvalue weighted by atomic mass is 15.1. The van der Waals surface area contributed by atoms with Crippen LogP contribution in [0.3, 0.4) is 0 Å². The second-order valence-corrected chi connectivity index (χ2v) is 14.5. The molecule has 0 spiro atoms. The molecule has 10 rings (SSSR count). The van der Waals surface area contributed by atoms with Crippen LogP contribution in [0.4, 0.5) is 0 Å². The minimum atomic E-state index is 0.456. The molecular formula is C51H31N7. The smallest absolute Gasteiger partial charge is 0.161 e. The summed E-state index contributed by atoms with van der Waals surface area (Å²) in [4.78, 5) is 9.71. The van der Waals surface area contributed by atoms with E-state index < -0.39 is 0 Å². The van der Waals surface area contributed by atoms with Gasteiger partial charge in [-0.25, -0.2) is 9.97 Å². The summed E-state index contributed by atoms with van der Waals surface area (Å²) >= 11 is 0. The second kappa shape index (κ2) is 13.5. The Morgan fingerprint density at radius 3 is 1.31 bits per heavy atom. The van der Waals surface area contributed by atoms with E-state index in [4.69, 9.17) is 9.97 Å². The molecular weight excluding hydrogens is 711 g/mol. The van der Waals surface area contributed by atoms with Crippen molar-refractivity contribution >= 4 is 43.6 Å². The van der Waals surface area contributed by atoms with E-state index in [-0.39, 0.29) is 0 Å². The first-order chi connectivity index (χ1) is 28.4. The van der Waals surface area contributed by atoms with E-state index in [0.717, 1.165) is 88.6 Å². The van der Waals surface area contributed by atoms with Crippen LogP contribution in [0.5, 0.6) is 0 Å². The van der Waals surface area contributed by atoms with Gasteiger partial charge < -0.3 is 9.13 Å². The molecule has 0 atom stereocenters. The molecule has 0 amide bonds. The van der Waals surface area contributed by atoms with E-state index in [1.54, 1.807) is 0 Å². The second-order valence-electron chi connectivity index (χ2n) is 14.5. The molecule has 3 heterocycles. The Morgan fingerprint density at radius 1 is 0.414 bits per heavy atom. The zero-order chi connectivity index (χ0) is 39.5. The Balaban J connectivity index is 1.34. The van der Waals surface area contributed by atoms with Crippen molar-refractivity contribution in [1.29, 1.82) is 15.8 Å². The average molecular weight is 742 g/mol. The minimum Gasteiger partial charge on any atom is -0.307 e. The third-order valence-corrected chi connectivity index (χ3v) is 11.0. The van der Waals surface area contributed by atoms with Gasteiger partial charge in [-0.3, -0.25) is 0 Å². The molecule has 7 heteroatoms. The van der Waals surface area contributed by atoms with Gasteiger partial charge in [-0.2, -0.15) is 15.8 Å². The summed E-state index contributed by atoms with van der Waals surface area (Å²) in [5.41, 5.74) is 13.6. The highest BCUT2D eigenvalue weighted by Gasteiger charge is 2.24. The highest BCUT2D eigenvalue weighted by Crippen LogP contribution is 2.42. The van der Waals surface area contributed by atoms with Crippen LogP contribution in [0.2, 0.25) is 0 Å². The van der Waals surface area contributed by atoms with E-state index in [0.29, 0.717) is 28.1 Å². The van der Waals surface area contributed by atoms with E-state index in [1.807, 2.05) is 80.6 Å². The molecule has 10 aromatic rings. The Kier molecular flexibility index (Phi) is 7.94. The third-order valence-electron chi connectivity index (χ3n) is 11.0. The quantitative estimate of drug-likeness (QED) is 0.174. The number of aromatic nitrogens is 4. The number of aryl methyl sites for hydroxylation is 2. The van der Waals surface area contributed by atoms with Gasteiger partial charge in [0, 0.05) is 38.5 Å². The zero-order valence-corrected chi connectivity index (χ0v) is 31.6. The lowest BCUT2D eigenvalue weighted by Crippen LogP contribution is -2.06. The van der Waals surface area contributed by atoms with Crippen molar-refractivity contribution in [2.45, 2.75) is 13.8 Å². The normalized spacial score (nSPS) is 11.2. The molecule has 0 N–H and O–H groups in total. The van der Waals surface area contributed by atoms with Gasteiger partial charge in [0.05, 0.1) is 68.3 Å². The fraction of sp³-hybridized carbons (Fsp3) is 0.0392. The van der Waals surface area contributed by atoms with E-state index in [9.17, 15) is 15.8 Å². The largest absolute Gasteiger partial charge is 0.307 e. The lowest BCUT2D eigenvalue weighted by atomic mass is 10.0. The van der Waals surface area contributed by atoms with Gasteiger partial charge in [-0.05, 0) is 103 Å².